The van der Waals surface area contributed by atoms with Gasteiger partial charge in [-0.3, -0.25) is 9.67 Å². The van der Waals surface area contributed by atoms with Gasteiger partial charge in [0, 0.05) is 59.7 Å². The molecule has 9 nitrogen and oxygen atoms in total. The molecule has 2 N–H and O–H groups in total. The highest BCUT2D eigenvalue weighted by Gasteiger charge is 2.11. The Balaban J connectivity index is 1.26. The van der Waals surface area contributed by atoms with Crippen LogP contribution in [0.3, 0.4) is 0 Å². The quantitative estimate of drug-likeness (QED) is 0.279. The van der Waals surface area contributed by atoms with Crippen LogP contribution in [0.2, 0.25) is 5.02 Å². The number of carbonyl (C=O) groups is 1. The van der Waals surface area contributed by atoms with Gasteiger partial charge in [-0.25, -0.2) is 14.2 Å². The lowest BCUT2D eigenvalue weighted by atomic mass is 10.2. The highest BCUT2D eigenvalue weighted by atomic mass is 35.5. The Morgan fingerprint density at radius 3 is 2.59 bits per heavy atom. The first-order chi connectivity index (χ1) is 17.8. The molecular formula is C26H21ClFN7O2. The van der Waals surface area contributed by atoms with Crippen LogP contribution in [0.1, 0.15) is 5.69 Å². The van der Waals surface area contributed by atoms with Crippen molar-refractivity contribution in [1.29, 1.82) is 0 Å². The van der Waals surface area contributed by atoms with Gasteiger partial charge in [0.15, 0.2) is 11.6 Å². The van der Waals surface area contributed by atoms with Crippen molar-refractivity contribution in [3.05, 3.63) is 96.2 Å². The van der Waals surface area contributed by atoms with Crippen LogP contribution in [-0.2, 0) is 7.05 Å². The lowest BCUT2D eigenvalue weighted by Crippen LogP contribution is -2.19. The maximum absolute atomic E-state index is 14.8. The predicted molar refractivity (Wildman–Crippen MR) is 139 cm³/mol. The highest BCUT2D eigenvalue weighted by molar-refractivity contribution is 6.31. The number of carbonyl (C=O) groups excluding carboxylic acids is 1. The number of benzene rings is 2. The van der Waals surface area contributed by atoms with Crippen molar-refractivity contribution in [3.63, 3.8) is 0 Å². The topological polar surface area (TPSA) is 98.9 Å². The highest BCUT2D eigenvalue weighted by Crippen LogP contribution is 2.29. The normalized spacial score (nSPS) is 10.8. The molecule has 0 radical (unpaired) electrons. The minimum absolute atomic E-state index is 0.00408. The van der Waals surface area contributed by atoms with E-state index in [4.69, 9.17) is 16.3 Å². The fourth-order valence-electron chi connectivity index (χ4n) is 3.63. The van der Waals surface area contributed by atoms with E-state index in [1.54, 1.807) is 64.4 Å². The first-order valence-electron chi connectivity index (χ1n) is 11.1. The average molecular weight is 518 g/mol. The second-order valence-corrected chi connectivity index (χ2v) is 8.66. The summed E-state index contributed by atoms with van der Waals surface area (Å²) >= 11 is 6.22. The number of ether oxygens (including phenoxy) is 1. The maximum Gasteiger partial charge on any atom is 0.323 e. The molecule has 0 unspecified atom stereocenters. The van der Waals surface area contributed by atoms with Gasteiger partial charge in [-0.1, -0.05) is 11.6 Å². The summed E-state index contributed by atoms with van der Waals surface area (Å²) in [7, 11) is 1.81. The van der Waals surface area contributed by atoms with Crippen LogP contribution < -0.4 is 15.4 Å². The van der Waals surface area contributed by atoms with Gasteiger partial charge in [-0.2, -0.15) is 5.10 Å². The molecule has 186 valence electrons. The molecule has 5 aromatic rings. The van der Waals surface area contributed by atoms with E-state index < -0.39 is 11.8 Å². The summed E-state index contributed by atoms with van der Waals surface area (Å²) in [5.41, 5.74) is 3.76. The van der Waals surface area contributed by atoms with E-state index in [-0.39, 0.29) is 11.4 Å². The van der Waals surface area contributed by atoms with Crippen LogP contribution >= 0.6 is 11.6 Å². The molecule has 0 saturated carbocycles. The SMILES string of the molecule is Cc1cn(-c2cc(Cl)cc(NC(=O)Nc3ccc(Oc4ccnc(-c5cnn(C)c5)c4)c(F)c3)c2)cn1. The zero-order valence-corrected chi connectivity index (χ0v) is 20.6. The van der Waals surface area contributed by atoms with Crippen molar-refractivity contribution >= 4 is 29.0 Å². The number of imidazole rings is 1. The maximum atomic E-state index is 14.8. The van der Waals surface area contributed by atoms with Gasteiger partial charge in [-0.05, 0) is 43.3 Å². The van der Waals surface area contributed by atoms with E-state index in [1.165, 1.54) is 12.1 Å². The Morgan fingerprint density at radius 1 is 1.03 bits per heavy atom. The number of nitrogens with zero attached hydrogens (tertiary/aromatic N) is 5. The number of pyridine rings is 1. The fourth-order valence-corrected chi connectivity index (χ4v) is 3.85. The number of rotatable bonds is 6. The fraction of sp³-hybridized carbons (Fsp3) is 0.0769. The summed E-state index contributed by atoms with van der Waals surface area (Å²) in [5.74, 6) is -0.224. The second-order valence-electron chi connectivity index (χ2n) is 8.23. The summed E-state index contributed by atoms with van der Waals surface area (Å²) in [4.78, 5) is 21.1. The Labute approximate surface area is 216 Å². The van der Waals surface area contributed by atoms with Gasteiger partial charge >= 0.3 is 6.03 Å². The smallest absolute Gasteiger partial charge is 0.323 e. The minimum Gasteiger partial charge on any atom is -0.454 e. The summed E-state index contributed by atoms with van der Waals surface area (Å²) in [6, 6.07) is 12.0. The second kappa shape index (κ2) is 10.1. The van der Waals surface area contributed by atoms with Crippen molar-refractivity contribution < 1.29 is 13.9 Å². The molecular weight excluding hydrogens is 497 g/mol. The summed E-state index contributed by atoms with van der Waals surface area (Å²) < 4.78 is 24.0. The van der Waals surface area contributed by atoms with Crippen LogP contribution in [0, 0.1) is 12.7 Å². The van der Waals surface area contributed by atoms with Crippen LogP contribution in [0.5, 0.6) is 11.5 Å². The lowest BCUT2D eigenvalue weighted by Gasteiger charge is -2.12. The van der Waals surface area contributed by atoms with Gasteiger partial charge in [0.05, 0.1) is 29.6 Å². The van der Waals surface area contributed by atoms with E-state index in [1.807, 2.05) is 26.4 Å². The van der Waals surface area contributed by atoms with Gasteiger partial charge in [0.25, 0.3) is 0 Å². The summed E-state index contributed by atoms with van der Waals surface area (Å²) in [6.45, 7) is 1.87. The molecule has 2 aromatic carbocycles. The number of anilines is 2. The minimum atomic E-state index is -0.641. The van der Waals surface area contributed by atoms with Crippen LogP contribution in [0.25, 0.3) is 16.9 Å². The molecule has 0 aliphatic heterocycles. The Bertz CT molecular complexity index is 1600. The molecule has 5 rings (SSSR count). The van der Waals surface area contributed by atoms with E-state index in [9.17, 15) is 9.18 Å². The Hall–Kier alpha value is -4.70. The molecule has 11 heteroatoms. The van der Waals surface area contributed by atoms with Crippen molar-refractivity contribution in [3.8, 4) is 28.4 Å². The zero-order chi connectivity index (χ0) is 25.9. The molecule has 3 aromatic heterocycles. The number of hydrogen-bond acceptors (Lipinski definition) is 5. The lowest BCUT2D eigenvalue weighted by molar-refractivity contribution is 0.262. The van der Waals surface area contributed by atoms with Crippen LogP contribution in [0.15, 0.2) is 79.6 Å². The largest absolute Gasteiger partial charge is 0.454 e. The Kier molecular flexibility index (Phi) is 6.57. The third kappa shape index (κ3) is 5.76. The number of amides is 2. The first-order valence-corrected chi connectivity index (χ1v) is 11.5. The van der Waals surface area contributed by atoms with Crippen molar-refractivity contribution in [2.24, 2.45) is 7.05 Å². The first kappa shape index (κ1) is 24.0. The molecule has 0 spiro atoms. The van der Waals surface area contributed by atoms with Crippen LogP contribution in [0.4, 0.5) is 20.6 Å². The molecule has 0 aliphatic carbocycles. The monoisotopic (exact) mass is 517 g/mol. The van der Waals surface area contributed by atoms with Gasteiger partial charge < -0.3 is 19.9 Å². The summed E-state index contributed by atoms with van der Waals surface area (Å²) in [6.07, 6.45) is 8.57. The van der Waals surface area contributed by atoms with E-state index in [2.05, 4.69) is 25.7 Å². The van der Waals surface area contributed by atoms with Gasteiger partial charge in [0.2, 0.25) is 0 Å². The number of aromatic nitrogens is 5. The Morgan fingerprint density at radius 2 is 1.86 bits per heavy atom. The number of nitrogens with one attached hydrogen (secondary N) is 2. The number of halogens is 2. The molecule has 0 bridgehead atoms. The average Bonchev–Trinajstić information content (AvgIpc) is 3.49. The van der Waals surface area contributed by atoms with Gasteiger partial charge in [0.1, 0.15) is 5.75 Å². The zero-order valence-electron chi connectivity index (χ0n) is 19.8. The van der Waals surface area contributed by atoms with E-state index >= 15 is 0 Å². The van der Waals surface area contributed by atoms with Crippen molar-refractivity contribution in [1.82, 2.24) is 24.3 Å². The number of hydrogen-bond donors (Lipinski definition) is 2. The molecule has 0 aliphatic rings. The predicted octanol–water partition coefficient (Wildman–Crippen LogP) is 6.21. The molecule has 2 amide bonds. The van der Waals surface area contributed by atoms with Crippen molar-refractivity contribution in [2.45, 2.75) is 6.92 Å². The van der Waals surface area contributed by atoms with Crippen molar-refractivity contribution in [2.75, 3.05) is 10.6 Å². The summed E-state index contributed by atoms with van der Waals surface area (Å²) in [5, 5.41) is 9.89. The number of urea groups is 1. The third-order valence-electron chi connectivity index (χ3n) is 5.30. The standard InChI is InChI=1S/C26H21ClFN7O2/c1-16-13-35(15-30-16)21-8-18(27)7-20(9-21)33-26(36)32-19-3-4-25(23(28)10-19)37-22-5-6-29-24(11-22)17-12-31-34(2)14-17/h3-15H,1-2H3,(H2,32,33,36). The molecule has 3 heterocycles. The van der Waals surface area contributed by atoms with E-state index in [0.717, 1.165) is 16.9 Å². The third-order valence-corrected chi connectivity index (χ3v) is 5.52. The molecule has 0 saturated heterocycles. The molecule has 0 fully saturated rings. The van der Waals surface area contributed by atoms with E-state index in [0.29, 0.717) is 22.2 Å². The number of aryl methyl sites for hydroxylation is 2. The molecule has 0 atom stereocenters. The van der Waals surface area contributed by atoms with Gasteiger partial charge in [-0.15, -0.1) is 0 Å². The van der Waals surface area contributed by atoms with Crippen LogP contribution in [-0.4, -0.2) is 30.3 Å². The molecule has 37 heavy (non-hydrogen) atoms.